The Hall–Kier alpha value is -2.19. The summed E-state index contributed by atoms with van der Waals surface area (Å²) in [6.07, 6.45) is -3.43. The summed E-state index contributed by atoms with van der Waals surface area (Å²) in [4.78, 5) is 17.1. The minimum absolute atomic E-state index is 0.0494. The van der Waals surface area contributed by atoms with Crippen LogP contribution in [0, 0.1) is 0 Å². The van der Waals surface area contributed by atoms with Crippen LogP contribution in [0.1, 0.15) is 29.1 Å². The fourth-order valence-electron chi connectivity index (χ4n) is 3.52. The normalized spacial score (nSPS) is 17.0. The monoisotopic (exact) mass is 565 g/mol. The van der Waals surface area contributed by atoms with Crippen molar-refractivity contribution in [1.82, 2.24) is 14.6 Å². The second-order valence-electron chi connectivity index (χ2n) is 7.59. The van der Waals surface area contributed by atoms with Crippen LogP contribution in [0.25, 0.3) is 0 Å². The summed E-state index contributed by atoms with van der Waals surface area (Å²) >= 11 is 8.10. The predicted octanol–water partition coefficient (Wildman–Crippen LogP) is 4.93. The first-order valence-electron chi connectivity index (χ1n) is 10.3. The van der Waals surface area contributed by atoms with Crippen molar-refractivity contribution in [2.75, 3.05) is 6.54 Å². The van der Waals surface area contributed by atoms with E-state index in [1.165, 1.54) is 39.9 Å². The van der Waals surface area contributed by atoms with E-state index in [0.717, 1.165) is 23.5 Å². The van der Waals surface area contributed by atoms with Gasteiger partial charge in [0.25, 0.3) is 10.0 Å². The van der Waals surface area contributed by atoms with E-state index in [2.05, 4.69) is 10.3 Å². The molecule has 14 heteroatoms. The number of ether oxygens (including phenoxy) is 1. The summed E-state index contributed by atoms with van der Waals surface area (Å²) in [5.74, 6) is -0.137. The van der Waals surface area contributed by atoms with Crippen molar-refractivity contribution in [3.05, 3.63) is 62.4 Å². The molecular formula is C21H19ClF3N3O4S3. The van der Waals surface area contributed by atoms with Gasteiger partial charge in [0.2, 0.25) is 5.91 Å². The molecule has 1 aliphatic rings. The smallest absolute Gasteiger partial charge is 0.416 e. The van der Waals surface area contributed by atoms with Crippen LogP contribution in [0.3, 0.4) is 0 Å². The number of hydrogen-bond donors (Lipinski definition) is 1. The van der Waals surface area contributed by atoms with Gasteiger partial charge in [-0.1, -0.05) is 11.6 Å². The van der Waals surface area contributed by atoms with Gasteiger partial charge in [-0.05, 0) is 49.2 Å². The van der Waals surface area contributed by atoms with Crippen LogP contribution in [0.4, 0.5) is 13.2 Å². The number of aromatic nitrogens is 1. The van der Waals surface area contributed by atoms with Gasteiger partial charge < -0.3 is 10.1 Å². The second-order valence-corrected chi connectivity index (χ2v) is 12.4. The SMILES string of the molecule is O=C(NCc1nc(COc2ccc(C(F)(F)F)cc2)cs1)[C@@H]1CCCN1S(=O)(=O)c1ccc(Cl)s1. The van der Waals surface area contributed by atoms with Crippen molar-refractivity contribution in [2.45, 2.75) is 42.4 Å². The van der Waals surface area contributed by atoms with Crippen LogP contribution >= 0.6 is 34.3 Å². The highest BCUT2D eigenvalue weighted by Crippen LogP contribution is 2.32. The minimum Gasteiger partial charge on any atom is -0.487 e. The standard InChI is InChI=1S/C21H19ClF3N3O4S3/c22-17-7-8-19(34-17)35(30,31)28-9-1-2-16(28)20(29)26-10-18-27-14(12-33-18)11-32-15-5-3-13(4-6-15)21(23,24)25/h3-8,12,16H,1-2,9-11H2,(H,26,29)/t16-/m0/s1. The third-order valence-electron chi connectivity index (χ3n) is 5.20. The molecule has 4 rings (SSSR count). The lowest BCUT2D eigenvalue weighted by Crippen LogP contribution is -2.45. The van der Waals surface area contributed by atoms with Crippen molar-refractivity contribution in [1.29, 1.82) is 0 Å². The maximum absolute atomic E-state index is 12.9. The average molecular weight is 566 g/mol. The Bertz CT molecular complexity index is 1290. The molecule has 0 spiro atoms. The third-order valence-corrected chi connectivity index (χ3v) is 9.70. The van der Waals surface area contributed by atoms with Crippen LogP contribution in [0.15, 0.2) is 46.0 Å². The van der Waals surface area contributed by atoms with Gasteiger partial charge in [-0.25, -0.2) is 13.4 Å². The molecule has 35 heavy (non-hydrogen) atoms. The van der Waals surface area contributed by atoms with E-state index in [1.54, 1.807) is 5.38 Å². The molecule has 1 N–H and O–H groups in total. The Balaban J connectivity index is 1.31. The van der Waals surface area contributed by atoms with Gasteiger partial charge in [0.1, 0.15) is 27.6 Å². The number of hydrogen-bond acceptors (Lipinski definition) is 7. The molecular weight excluding hydrogens is 547 g/mol. The zero-order valence-electron chi connectivity index (χ0n) is 17.9. The number of thiophene rings is 1. The highest BCUT2D eigenvalue weighted by molar-refractivity contribution is 7.91. The summed E-state index contributed by atoms with van der Waals surface area (Å²) in [5.41, 5.74) is -0.205. The lowest BCUT2D eigenvalue weighted by Gasteiger charge is -2.22. The topological polar surface area (TPSA) is 88.6 Å². The largest absolute Gasteiger partial charge is 0.487 e. The zero-order valence-corrected chi connectivity index (χ0v) is 21.1. The Morgan fingerprint density at radius 3 is 2.63 bits per heavy atom. The number of carbonyl (C=O) groups excluding carboxylic acids is 1. The molecule has 1 atom stereocenters. The average Bonchev–Trinajstić information content (AvgIpc) is 3.56. The van der Waals surface area contributed by atoms with Crippen LogP contribution < -0.4 is 10.1 Å². The summed E-state index contributed by atoms with van der Waals surface area (Å²) in [6, 6.07) is 6.48. The molecule has 188 valence electrons. The van der Waals surface area contributed by atoms with E-state index in [1.807, 2.05) is 0 Å². The van der Waals surface area contributed by atoms with E-state index in [0.29, 0.717) is 27.9 Å². The van der Waals surface area contributed by atoms with Crippen molar-refractivity contribution in [3.8, 4) is 5.75 Å². The van der Waals surface area contributed by atoms with Crippen molar-refractivity contribution >= 4 is 50.2 Å². The van der Waals surface area contributed by atoms with E-state index >= 15 is 0 Å². The summed E-state index contributed by atoms with van der Waals surface area (Å²) in [5, 5.41) is 5.05. The molecule has 3 aromatic rings. The maximum atomic E-state index is 12.9. The van der Waals surface area contributed by atoms with Crippen LogP contribution in [-0.2, 0) is 34.1 Å². The number of halogens is 4. The Morgan fingerprint density at radius 2 is 1.97 bits per heavy atom. The molecule has 0 bridgehead atoms. The number of nitrogens with one attached hydrogen (secondary N) is 1. The van der Waals surface area contributed by atoms with Gasteiger partial charge >= 0.3 is 6.18 Å². The van der Waals surface area contributed by atoms with Crippen LogP contribution in [0.2, 0.25) is 4.34 Å². The molecule has 1 fully saturated rings. The van der Waals surface area contributed by atoms with Crippen LogP contribution in [-0.4, -0.2) is 36.2 Å². The van der Waals surface area contributed by atoms with E-state index < -0.39 is 33.7 Å². The Kier molecular flexibility index (Phi) is 7.71. The maximum Gasteiger partial charge on any atom is 0.416 e. The van der Waals surface area contributed by atoms with Crippen molar-refractivity contribution in [3.63, 3.8) is 0 Å². The molecule has 1 amide bonds. The first-order chi connectivity index (χ1) is 16.5. The lowest BCUT2D eigenvalue weighted by molar-refractivity contribution is -0.137. The molecule has 2 aromatic heterocycles. The number of benzene rings is 1. The number of nitrogens with zero attached hydrogens (tertiary/aromatic N) is 2. The number of thiazole rings is 1. The number of amides is 1. The summed E-state index contributed by atoms with van der Waals surface area (Å²) in [7, 11) is -3.82. The molecule has 0 aliphatic carbocycles. The second kappa shape index (κ2) is 10.4. The number of carbonyl (C=O) groups is 1. The van der Waals surface area contributed by atoms with E-state index in [-0.39, 0.29) is 29.7 Å². The first kappa shape index (κ1) is 25.9. The Morgan fingerprint density at radius 1 is 1.23 bits per heavy atom. The molecule has 1 aromatic carbocycles. The number of rotatable bonds is 8. The molecule has 3 heterocycles. The molecule has 0 radical (unpaired) electrons. The van der Waals surface area contributed by atoms with Gasteiger partial charge in [-0.15, -0.1) is 22.7 Å². The molecule has 0 saturated carbocycles. The molecule has 1 aliphatic heterocycles. The highest BCUT2D eigenvalue weighted by Gasteiger charge is 2.40. The van der Waals surface area contributed by atoms with Gasteiger partial charge in [-0.3, -0.25) is 4.79 Å². The molecule has 0 unspecified atom stereocenters. The van der Waals surface area contributed by atoms with Crippen molar-refractivity contribution in [2.24, 2.45) is 0 Å². The predicted molar refractivity (Wildman–Crippen MR) is 126 cm³/mol. The third kappa shape index (κ3) is 6.15. The number of alkyl halides is 3. The zero-order chi connectivity index (χ0) is 25.2. The molecule has 7 nitrogen and oxygen atoms in total. The highest BCUT2D eigenvalue weighted by atomic mass is 35.5. The lowest BCUT2D eigenvalue weighted by atomic mass is 10.2. The van der Waals surface area contributed by atoms with E-state index in [9.17, 15) is 26.4 Å². The van der Waals surface area contributed by atoms with Gasteiger partial charge in [-0.2, -0.15) is 17.5 Å². The fourth-order valence-corrected chi connectivity index (χ4v) is 7.50. The van der Waals surface area contributed by atoms with E-state index in [4.69, 9.17) is 16.3 Å². The summed E-state index contributed by atoms with van der Waals surface area (Å²) in [6.45, 7) is 0.408. The Labute approximate surface area is 212 Å². The van der Waals surface area contributed by atoms with Gasteiger partial charge in [0.05, 0.1) is 22.1 Å². The minimum atomic E-state index is -4.41. The quantitative estimate of drug-likeness (QED) is 0.419. The van der Waals surface area contributed by atoms with Crippen LogP contribution in [0.5, 0.6) is 5.75 Å². The molecule has 1 saturated heterocycles. The first-order valence-corrected chi connectivity index (χ1v) is 13.8. The van der Waals surface area contributed by atoms with Crippen molar-refractivity contribution < 1.29 is 31.1 Å². The fraction of sp³-hybridized carbons (Fsp3) is 0.333. The summed E-state index contributed by atoms with van der Waals surface area (Å²) < 4.78 is 70.9. The number of sulfonamides is 1. The van der Waals surface area contributed by atoms with Gasteiger partial charge in [0.15, 0.2) is 0 Å². The van der Waals surface area contributed by atoms with Gasteiger partial charge in [0, 0.05) is 11.9 Å².